The average Bonchev–Trinajstić information content (AvgIpc) is 2.48. The van der Waals surface area contributed by atoms with Gasteiger partial charge in [-0.1, -0.05) is 20.3 Å². The summed E-state index contributed by atoms with van der Waals surface area (Å²) in [5.74, 6) is 0.889. The van der Waals surface area contributed by atoms with Crippen LogP contribution in [0.2, 0.25) is 0 Å². The van der Waals surface area contributed by atoms with Gasteiger partial charge in [0.25, 0.3) is 0 Å². The van der Waals surface area contributed by atoms with Crippen molar-refractivity contribution in [1.82, 2.24) is 10.2 Å². The highest BCUT2D eigenvalue weighted by Crippen LogP contribution is 2.33. The maximum Gasteiger partial charge on any atom is 0.00673 e. The van der Waals surface area contributed by atoms with Crippen LogP contribution in [0.15, 0.2) is 0 Å². The minimum Gasteiger partial charge on any atom is -0.314 e. The molecule has 1 N–H and O–H groups in total. The molecule has 2 nitrogen and oxygen atoms in total. The zero-order valence-corrected chi connectivity index (χ0v) is 12.7. The summed E-state index contributed by atoms with van der Waals surface area (Å²) in [5.41, 5.74) is 0.585. The van der Waals surface area contributed by atoms with Crippen LogP contribution in [0.3, 0.4) is 0 Å². The molecule has 1 heterocycles. The van der Waals surface area contributed by atoms with Crippen molar-refractivity contribution in [2.75, 3.05) is 26.7 Å². The van der Waals surface area contributed by atoms with Crippen molar-refractivity contribution >= 4 is 0 Å². The highest BCUT2D eigenvalue weighted by molar-refractivity contribution is 4.81. The van der Waals surface area contributed by atoms with Crippen LogP contribution in [0.4, 0.5) is 0 Å². The molecule has 0 aromatic heterocycles. The first-order chi connectivity index (χ1) is 8.55. The van der Waals surface area contributed by atoms with Gasteiger partial charge in [0, 0.05) is 12.6 Å². The lowest BCUT2D eigenvalue weighted by Crippen LogP contribution is -2.40. The monoisotopic (exact) mass is 252 g/mol. The highest BCUT2D eigenvalue weighted by atomic mass is 15.1. The molecule has 2 heteroatoms. The molecule has 1 aliphatic heterocycles. The molecule has 2 unspecified atom stereocenters. The Morgan fingerprint density at radius 1 is 1.11 bits per heavy atom. The molecule has 18 heavy (non-hydrogen) atoms. The van der Waals surface area contributed by atoms with Crippen molar-refractivity contribution in [3.63, 3.8) is 0 Å². The van der Waals surface area contributed by atoms with Crippen LogP contribution in [0.25, 0.3) is 0 Å². The summed E-state index contributed by atoms with van der Waals surface area (Å²) < 4.78 is 0. The van der Waals surface area contributed by atoms with Crippen molar-refractivity contribution < 1.29 is 0 Å². The third-order valence-corrected chi connectivity index (χ3v) is 4.99. The van der Waals surface area contributed by atoms with Gasteiger partial charge in [0.1, 0.15) is 0 Å². The van der Waals surface area contributed by atoms with Crippen LogP contribution in [-0.2, 0) is 0 Å². The fourth-order valence-corrected chi connectivity index (χ4v) is 3.64. The fourth-order valence-electron chi connectivity index (χ4n) is 3.64. The average molecular weight is 252 g/mol. The van der Waals surface area contributed by atoms with Gasteiger partial charge in [-0.15, -0.1) is 0 Å². The van der Waals surface area contributed by atoms with Crippen LogP contribution in [0, 0.1) is 11.3 Å². The molecule has 2 fully saturated rings. The van der Waals surface area contributed by atoms with Gasteiger partial charge in [0.15, 0.2) is 0 Å². The van der Waals surface area contributed by atoms with E-state index in [-0.39, 0.29) is 0 Å². The topological polar surface area (TPSA) is 15.3 Å². The molecule has 106 valence electrons. The molecule has 1 aliphatic carbocycles. The third kappa shape index (κ3) is 4.55. The molecule has 0 bridgehead atoms. The summed E-state index contributed by atoms with van der Waals surface area (Å²) in [5, 5.41) is 3.86. The zero-order valence-electron chi connectivity index (χ0n) is 12.7. The number of piperidine rings is 1. The first-order valence-corrected chi connectivity index (χ1v) is 7.97. The van der Waals surface area contributed by atoms with Crippen LogP contribution in [-0.4, -0.2) is 37.6 Å². The van der Waals surface area contributed by atoms with E-state index in [2.05, 4.69) is 31.1 Å². The Morgan fingerprint density at radius 3 is 2.72 bits per heavy atom. The first kappa shape index (κ1) is 14.3. The maximum absolute atomic E-state index is 3.86. The molecule has 2 atom stereocenters. The van der Waals surface area contributed by atoms with Gasteiger partial charge >= 0.3 is 0 Å². The Hall–Kier alpha value is -0.0800. The normalized spacial score (nSPS) is 34.2. The van der Waals surface area contributed by atoms with Gasteiger partial charge in [-0.2, -0.15) is 0 Å². The summed E-state index contributed by atoms with van der Waals surface area (Å²) in [6.07, 6.45) is 9.82. The second kappa shape index (κ2) is 6.38. The molecule has 1 saturated carbocycles. The number of likely N-dealkylation sites (tertiary alicyclic amines) is 1. The lowest BCUT2D eigenvalue weighted by molar-refractivity contribution is 0.201. The molecule has 0 amide bonds. The first-order valence-electron chi connectivity index (χ1n) is 7.97. The van der Waals surface area contributed by atoms with Gasteiger partial charge in [0.05, 0.1) is 0 Å². The van der Waals surface area contributed by atoms with E-state index < -0.39 is 0 Å². The van der Waals surface area contributed by atoms with Crippen molar-refractivity contribution in [3.8, 4) is 0 Å². The van der Waals surface area contributed by atoms with Gasteiger partial charge in [-0.05, 0) is 70.0 Å². The minimum absolute atomic E-state index is 0.585. The predicted molar refractivity (Wildman–Crippen MR) is 78.9 cm³/mol. The highest BCUT2D eigenvalue weighted by Gasteiger charge is 2.25. The zero-order chi connectivity index (χ0) is 13.0. The van der Waals surface area contributed by atoms with Crippen molar-refractivity contribution in [1.29, 1.82) is 0 Å². The summed E-state index contributed by atoms with van der Waals surface area (Å²) >= 11 is 0. The molecule has 0 aromatic rings. The van der Waals surface area contributed by atoms with Crippen LogP contribution in [0.5, 0.6) is 0 Å². The molecule has 0 radical (unpaired) electrons. The Morgan fingerprint density at radius 2 is 1.94 bits per heavy atom. The second-order valence-electron chi connectivity index (χ2n) is 7.47. The Bertz CT molecular complexity index is 249. The number of nitrogens with one attached hydrogen (secondary N) is 1. The van der Waals surface area contributed by atoms with Gasteiger partial charge in [-0.3, -0.25) is 0 Å². The number of hydrogen-bond acceptors (Lipinski definition) is 2. The van der Waals surface area contributed by atoms with E-state index in [0.717, 1.165) is 12.0 Å². The van der Waals surface area contributed by atoms with E-state index in [1.165, 1.54) is 64.6 Å². The van der Waals surface area contributed by atoms with E-state index in [1.54, 1.807) is 0 Å². The van der Waals surface area contributed by atoms with E-state index in [9.17, 15) is 0 Å². The van der Waals surface area contributed by atoms with E-state index in [4.69, 9.17) is 0 Å². The predicted octanol–water partition coefficient (Wildman–Crippen LogP) is 3.28. The summed E-state index contributed by atoms with van der Waals surface area (Å²) in [7, 11) is 2.26. The number of nitrogens with zero attached hydrogens (tertiary/aromatic N) is 1. The Labute approximate surface area is 114 Å². The van der Waals surface area contributed by atoms with Crippen LogP contribution >= 0.6 is 0 Å². The summed E-state index contributed by atoms with van der Waals surface area (Å²) in [6.45, 7) is 8.71. The molecular formula is C16H32N2. The Kier molecular flexibility index (Phi) is 5.08. The van der Waals surface area contributed by atoms with E-state index >= 15 is 0 Å². The van der Waals surface area contributed by atoms with Crippen molar-refractivity contribution in [3.05, 3.63) is 0 Å². The lowest BCUT2D eigenvalue weighted by Gasteiger charge is -2.31. The third-order valence-electron chi connectivity index (χ3n) is 4.99. The second-order valence-corrected chi connectivity index (χ2v) is 7.47. The van der Waals surface area contributed by atoms with Crippen LogP contribution in [0.1, 0.15) is 58.8 Å². The fraction of sp³-hybridized carbons (Fsp3) is 1.00. The standard InChI is InChI=1S/C16H32N2/c1-16(2)9-4-7-15(8-10-16)17-12-14-6-5-11-18(3)13-14/h14-15,17H,4-13H2,1-3H3. The molecule has 2 rings (SSSR count). The van der Waals surface area contributed by atoms with Crippen LogP contribution < -0.4 is 5.32 Å². The summed E-state index contributed by atoms with van der Waals surface area (Å²) in [6, 6.07) is 0.791. The van der Waals surface area contributed by atoms with Gasteiger partial charge in [0.2, 0.25) is 0 Å². The quantitative estimate of drug-likeness (QED) is 0.776. The van der Waals surface area contributed by atoms with Gasteiger partial charge in [-0.25, -0.2) is 0 Å². The molecule has 1 saturated heterocycles. The van der Waals surface area contributed by atoms with E-state index in [1.807, 2.05) is 0 Å². The lowest BCUT2D eigenvalue weighted by atomic mass is 9.85. The molecule has 0 aromatic carbocycles. The molecule has 2 aliphatic rings. The van der Waals surface area contributed by atoms with Gasteiger partial charge < -0.3 is 10.2 Å². The molecular weight excluding hydrogens is 220 g/mol. The maximum atomic E-state index is 3.86. The SMILES string of the molecule is CN1CCCC(CNC2CCCC(C)(C)CC2)C1. The van der Waals surface area contributed by atoms with Crippen molar-refractivity contribution in [2.24, 2.45) is 11.3 Å². The Balaban J connectivity index is 1.70. The molecule has 0 spiro atoms. The largest absolute Gasteiger partial charge is 0.314 e. The van der Waals surface area contributed by atoms with E-state index in [0.29, 0.717) is 5.41 Å². The number of hydrogen-bond donors (Lipinski definition) is 1. The van der Waals surface area contributed by atoms with Crippen molar-refractivity contribution in [2.45, 2.75) is 64.8 Å². The summed E-state index contributed by atoms with van der Waals surface area (Å²) in [4.78, 5) is 2.49. The number of rotatable bonds is 3. The minimum atomic E-state index is 0.585. The smallest absolute Gasteiger partial charge is 0.00673 e.